The molecule has 2 amide bonds. The average Bonchev–Trinajstić information content (AvgIpc) is 2.85. The third-order valence-electron chi connectivity index (χ3n) is 6.32. The van der Waals surface area contributed by atoms with Crippen molar-refractivity contribution in [1.82, 2.24) is 20.0 Å². The summed E-state index contributed by atoms with van der Waals surface area (Å²) >= 11 is 0. The van der Waals surface area contributed by atoms with Crippen LogP contribution in [0.5, 0.6) is 0 Å². The zero-order valence-electron chi connectivity index (χ0n) is 18.6. The van der Waals surface area contributed by atoms with Gasteiger partial charge in [-0.2, -0.15) is 18.3 Å². The van der Waals surface area contributed by atoms with E-state index >= 15 is 0 Å². The second-order valence-corrected chi connectivity index (χ2v) is 8.57. The van der Waals surface area contributed by atoms with Crippen LogP contribution < -0.4 is 5.56 Å². The molecule has 35 heavy (non-hydrogen) atoms. The van der Waals surface area contributed by atoms with E-state index in [9.17, 15) is 36.7 Å². The maximum atomic E-state index is 14.5. The van der Waals surface area contributed by atoms with E-state index in [1.54, 1.807) is 0 Å². The molecule has 1 aromatic carbocycles. The number of nitrogens with one attached hydrogen (secondary N) is 1. The molecule has 0 saturated carbocycles. The predicted octanol–water partition coefficient (Wildman–Crippen LogP) is 1.79. The summed E-state index contributed by atoms with van der Waals surface area (Å²) in [6, 6.07) is 4.07. The zero-order valence-corrected chi connectivity index (χ0v) is 18.6. The highest BCUT2D eigenvalue weighted by Gasteiger charge is 2.45. The summed E-state index contributed by atoms with van der Waals surface area (Å²) in [5.74, 6) is -5.57. The number of aromatic nitrogens is 2. The molecule has 8 nitrogen and oxygen atoms in total. The average molecular weight is 494 g/mol. The van der Waals surface area contributed by atoms with Crippen LogP contribution >= 0.6 is 0 Å². The van der Waals surface area contributed by atoms with Gasteiger partial charge in [-0.1, -0.05) is 6.07 Å². The first-order chi connectivity index (χ1) is 16.6. The Balaban J connectivity index is 1.47. The summed E-state index contributed by atoms with van der Waals surface area (Å²) in [6.45, 7) is -0.842. The SMILES string of the molecule is O=C(C(=O)C(F)(F)F)N1CCN(C(=O)c2cc(Cc3n[nH]c(=O)c4c3CCCC4)ccc2F)CC1. The lowest BCUT2D eigenvalue weighted by atomic mass is 9.90. The number of ketones is 1. The second kappa shape index (κ2) is 9.59. The number of fused-ring (bicyclic) bond motifs is 1. The number of carbonyl (C=O) groups is 3. The third-order valence-corrected chi connectivity index (χ3v) is 6.32. The van der Waals surface area contributed by atoms with E-state index in [0.717, 1.165) is 29.4 Å². The predicted molar refractivity (Wildman–Crippen MR) is 114 cm³/mol. The number of nitrogens with zero attached hydrogens (tertiary/aromatic N) is 3. The van der Waals surface area contributed by atoms with Crippen LogP contribution in [0.3, 0.4) is 0 Å². The molecule has 1 aromatic heterocycles. The second-order valence-electron chi connectivity index (χ2n) is 8.57. The molecule has 0 bridgehead atoms. The van der Waals surface area contributed by atoms with Crippen molar-refractivity contribution in [3.05, 3.63) is 62.3 Å². The lowest BCUT2D eigenvalue weighted by Crippen LogP contribution is -2.53. The first kappa shape index (κ1) is 24.6. The molecular formula is C23H22F4N4O4. The van der Waals surface area contributed by atoms with E-state index in [2.05, 4.69) is 10.2 Å². The molecule has 12 heteroatoms. The monoisotopic (exact) mass is 494 g/mol. The molecule has 2 aromatic rings. The quantitative estimate of drug-likeness (QED) is 0.516. The molecule has 4 rings (SSSR count). The number of hydrogen-bond donors (Lipinski definition) is 1. The first-order valence-corrected chi connectivity index (χ1v) is 11.1. The molecule has 1 saturated heterocycles. The van der Waals surface area contributed by atoms with Gasteiger partial charge in [-0.05, 0) is 48.9 Å². The molecule has 1 fully saturated rings. The van der Waals surface area contributed by atoms with Gasteiger partial charge in [0.25, 0.3) is 17.4 Å². The number of H-pyrrole nitrogens is 1. The Morgan fingerprint density at radius 2 is 1.60 bits per heavy atom. The number of amides is 2. The van der Waals surface area contributed by atoms with Gasteiger partial charge in [0.05, 0.1) is 11.3 Å². The molecule has 2 heterocycles. The van der Waals surface area contributed by atoms with Gasteiger partial charge in [-0.25, -0.2) is 9.49 Å². The molecule has 0 spiro atoms. The number of carbonyl (C=O) groups excluding carboxylic acids is 3. The van der Waals surface area contributed by atoms with Crippen LogP contribution in [0.25, 0.3) is 0 Å². The van der Waals surface area contributed by atoms with Crippen molar-refractivity contribution in [3.8, 4) is 0 Å². The molecule has 1 aliphatic carbocycles. The topological polar surface area (TPSA) is 103 Å². The number of rotatable bonds is 4. The van der Waals surface area contributed by atoms with E-state index in [4.69, 9.17) is 0 Å². The van der Waals surface area contributed by atoms with Crippen molar-refractivity contribution in [2.24, 2.45) is 0 Å². The lowest BCUT2D eigenvalue weighted by molar-refractivity contribution is -0.178. The van der Waals surface area contributed by atoms with Crippen molar-refractivity contribution in [1.29, 1.82) is 0 Å². The van der Waals surface area contributed by atoms with Gasteiger partial charge in [0.15, 0.2) is 0 Å². The largest absolute Gasteiger partial charge is 0.460 e. The van der Waals surface area contributed by atoms with Crippen molar-refractivity contribution in [3.63, 3.8) is 0 Å². The molecule has 1 aliphatic heterocycles. The highest BCUT2D eigenvalue weighted by molar-refractivity contribution is 6.38. The molecule has 0 atom stereocenters. The molecule has 2 aliphatic rings. The number of alkyl halides is 3. The Bertz CT molecular complexity index is 1230. The minimum Gasteiger partial charge on any atom is -0.335 e. The molecule has 0 unspecified atom stereocenters. The van der Waals surface area contributed by atoms with Crippen molar-refractivity contribution < 1.29 is 31.9 Å². The fourth-order valence-corrected chi connectivity index (χ4v) is 4.46. The molecule has 186 valence electrons. The Morgan fingerprint density at radius 3 is 2.26 bits per heavy atom. The fraction of sp³-hybridized carbons (Fsp3) is 0.435. The van der Waals surface area contributed by atoms with Gasteiger partial charge in [-0.3, -0.25) is 19.2 Å². The molecular weight excluding hydrogens is 472 g/mol. The van der Waals surface area contributed by atoms with Gasteiger partial charge < -0.3 is 9.80 Å². The summed E-state index contributed by atoms with van der Waals surface area (Å²) < 4.78 is 52.1. The number of hydrogen-bond acceptors (Lipinski definition) is 5. The number of aromatic amines is 1. The van der Waals surface area contributed by atoms with Crippen molar-refractivity contribution in [2.45, 2.75) is 38.3 Å². The van der Waals surface area contributed by atoms with Crippen LogP contribution in [-0.2, 0) is 28.9 Å². The Kier molecular flexibility index (Phi) is 6.73. The number of halogens is 4. The third kappa shape index (κ3) is 5.10. The van der Waals surface area contributed by atoms with Crippen LogP contribution in [0.1, 0.15) is 45.6 Å². The minimum atomic E-state index is -5.27. The van der Waals surface area contributed by atoms with Crippen LogP contribution in [-0.4, -0.2) is 70.0 Å². The lowest BCUT2D eigenvalue weighted by Gasteiger charge is -2.34. The van der Waals surface area contributed by atoms with E-state index in [1.807, 2.05) is 0 Å². The van der Waals surface area contributed by atoms with E-state index in [0.29, 0.717) is 29.7 Å². The van der Waals surface area contributed by atoms with Gasteiger partial charge in [0.2, 0.25) is 0 Å². The molecule has 0 radical (unpaired) electrons. The summed E-state index contributed by atoms with van der Waals surface area (Å²) in [5.41, 5.74) is 2.42. The Labute approximate surface area is 196 Å². The van der Waals surface area contributed by atoms with Crippen LogP contribution in [0.15, 0.2) is 23.0 Å². The van der Waals surface area contributed by atoms with Crippen LogP contribution in [0.4, 0.5) is 17.6 Å². The van der Waals surface area contributed by atoms with Gasteiger partial charge >= 0.3 is 12.0 Å². The van der Waals surface area contributed by atoms with Gasteiger partial charge in [-0.15, -0.1) is 0 Å². The number of piperazine rings is 1. The van der Waals surface area contributed by atoms with Gasteiger partial charge in [0, 0.05) is 38.2 Å². The summed E-state index contributed by atoms with van der Waals surface area (Å²) in [4.78, 5) is 49.9. The van der Waals surface area contributed by atoms with Gasteiger partial charge in [0.1, 0.15) is 5.82 Å². The van der Waals surface area contributed by atoms with Crippen LogP contribution in [0.2, 0.25) is 0 Å². The zero-order chi connectivity index (χ0) is 25.3. The fourth-order valence-electron chi connectivity index (χ4n) is 4.46. The van der Waals surface area contributed by atoms with E-state index in [1.165, 1.54) is 17.0 Å². The summed E-state index contributed by atoms with van der Waals surface area (Å²) in [5, 5.41) is 6.66. The Morgan fingerprint density at radius 1 is 0.971 bits per heavy atom. The maximum absolute atomic E-state index is 14.5. The maximum Gasteiger partial charge on any atom is 0.460 e. The summed E-state index contributed by atoms with van der Waals surface area (Å²) in [6.07, 6.45) is -1.76. The Hall–Kier alpha value is -3.57. The van der Waals surface area contributed by atoms with Crippen molar-refractivity contribution in [2.75, 3.05) is 26.2 Å². The van der Waals surface area contributed by atoms with E-state index < -0.39 is 29.6 Å². The molecule has 1 N–H and O–H groups in total. The smallest absolute Gasteiger partial charge is 0.335 e. The standard InChI is InChI=1S/C23H22F4N4O4/c24-17-6-5-13(12-18-14-3-1-2-4-15(14)20(33)29-28-18)11-16(17)21(34)30-7-9-31(10-8-30)22(35)19(32)23(25,26)27/h5-6,11H,1-4,7-10,12H2,(H,29,33). The summed E-state index contributed by atoms with van der Waals surface area (Å²) in [7, 11) is 0. The number of benzene rings is 1. The van der Waals surface area contributed by atoms with E-state index in [-0.39, 0.29) is 43.7 Å². The minimum absolute atomic E-state index is 0.144. The van der Waals surface area contributed by atoms with Crippen LogP contribution in [0, 0.1) is 5.82 Å². The highest BCUT2D eigenvalue weighted by atomic mass is 19.4. The normalized spacial score (nSPS) is 16.1. The highest BCUT2D eigenvalue weighted by Crippen LogP contribution is 2.24. The number of Topliss-reactive ketones (excluding diaryl/α,β-unsaturated/α-hetero) is 1. The first-order valence-electron chi connectivity index (χ1n) is 11.1. The van der Waals surface area contributed by atoms with Crippen molar-refractivity contribution >= 4 is 17.6 Å².